The molecule has 0 bridgehead atoms. The molecule has 1 amide bonds. The van der Waals surface area contributed by atoms with Crippen LogP contribution in [0.1, 0.15) is 33.1 Å². The van der Waals surface area contributed by atoms with Crippen LogP contribution in [0.4, 0.5) is 14.5 Å². The molecule has 0 heterocycles. The van der Waals surface area contributed by atoms with Gasteiger partial charge in [0.2, 0.25) is 5.91 Å². The minimum atomic E-state index is -0.790. The molecule has 0 aliphatic heterocycles. The normalized spacial score (nSPS) is 13.9. The molecule has 112 valence electrons. The third-order valence-electron chi connectivity index (χ3n) is 3.01. The number of nitrogens with two attached hydrogens (primary N) is 1. The van der Waals surface area contributed by atoms with Crippen LogP contribution in [-0.4, -0.2) is 11.9 Å². The van der Waals surface area contributed by atoms with Crippen molar-refractivity contribution < 1.29 is 13.6 Å². The van der Waals surface area contributed by atoms with Gasteiger partial charge in [0.15, 0.2) is 0 Å². The highest BCUT2D eigenvalue weighted by molar-refractivity contribution is 9.10. The predicted octanol–water partition coefficient (Wildman–Crippen LogP) is 3.82. The summed E-state index contributed by atoms with van der Waals surface area (Å²) in [4.78, 5) is 11.9. The first-order chi connectivity index (χ1) is 9.31. The van der Waals surface area contributed by atoms with Crippen LogP contribution in [-0.2, 0) is 4.79 Å². The van der Waals surface area contributed by atoms with Crippen molar-refractivity contribution in [3.8, 4) is 0 Å². The molecule has 2 unspecified atom stereocenters. The Balaban J connectivity index is 2.59. The number of rotatable bonds is 6. The van der Waals surface area contributed by atoms with Gasteiger partial charge >= 0.3 is 0 Å². The molecule has 2 atom stereocenters. The number of carbonyl (C=O) groups is 1. The highest BCUT2D eigenvalue weighted by Gasteiger charge is 2.16. The Morgan fingerprint density at radius 1 is 1.30 bits per heavy atom. The molecule has 0 spiro atoms. The van der Waals surface area contributed by atoms with E-state index in [-0.39, 0.29) is 28.0 Å². The Kier molecular flexibility index (Phi) is 6.55. The summed E-state index contributed by atoms with van der Waals surface area (Å²) in [6, 6.07) is 2.06. The second kappa shape index (κ2) is 7.69. The number of hydrogen-bond donors (Lipinski definition) is 2. The largest absolute Gasteiger partial charge is 0.328 e. The molecule has 0 aliphatic rings. The Morgan fingerprint density at radius 3 is 2.55 bits per heavy atom. The van der Waals surface area contributed by atoms with Crippen molar-refractivity contribution in [2.75, 3.05) is 5.32 Å². The zero-order valence-corrected chi connectivity index (χ0v) is 13.1. The lowest BCUT2D eigenvalue weighted by Crippen LogP contribution is -2.22. The second-order valence-corrected chi connectivity index (χ2v) is 5.90. The molecular weight excluding hydrogens is 330 g/mol. The van der Waals surface area contributed by atoms with Gasteiger partial charge in [-0.25, -0.2) is 8.78 Å². The van der Waals surface area contributed by atoms with Crippen molar-refractivity contribution in [3.63, 3.8) is 0 Å². The zero-order chi connectivity index (χ0) is 15.3. The van der Waals surface area contributed by atoms with Crippen molar-refractivity contribution >= 4 is 27.5 Å². The number of anilines is 1. The van der Waals surface area contributed by atoms with Gasteiger partial charge in [0.05, 0.1) is 10.2 Å². The molecule has 0 saturated heterocycles. The highest BCUT2D eigenvalue weighted by Crippen LogP contribution is 2.24. The summed E-state index contributed by atoms with van der Waals surface area (Å²) in [5.74, 6) is -2.03. The van der Waals surface area contributed by atoms with Gasteiger partial charge in [-0.05, 0) is 41.8 Å². The van der Waals surface area contributed by atoms with E-state index in [1.165, 1.54) is 6.07 Å². The second-order valence-electron chi connectivity index (χ2n) is 5.04. The molecule has 0 aliphatic carbocycles. The summed E-state index contributed by atoms with van der Waals surface area (Å²) in [6.45, 7) is 3.68. The summed E-state index contributed by atoms with van der Waals surface area (Å²) >= 11 is 2.96. The van der Waals surface area contributed by atoms with E-state index in [4.69, 9.17) is 5.73 Å². The van der Waals surface area contributed by atoms with Gasteiger partial charge in [-0.2, -0.15) is 0 Å². The first kappa shape index (κ1) is 17.0. The fourth-order valence-electron chi connectivity index (χ4n) is 1.75. The molecule has 0 aromatic heterocycles. The smallest absolute Gasteiger partial charge is 0.227 e. The lowest BCUT2D eigenvalue weighted by atomic mass is 10.0. The summed E-state index contributed by atoms with van der Waals surface area (Å²) in [5, 5.41) is 2.47. The van der Waals surface area contributed by atoms with E-state index in [9.17, 15) is 13.6 Å². The van der Waals surface area contributed by atoms with Crippen LogP contribution in [0.3, 0.4) is 0 Å². The van der Waals surface area contributed by atoms with Gasteiger partial charge in [-0.1, -0.05) is 13.3 Å². The molecular formula is C14H19BrF2N2O. The average Bonchev–Trinajstić information content (AvgIpc) is 2.35. The van der Waals surface area contributed by atoms with Crippen molar-refractivity contribution in [1.82, 2.24) is 0 Å². The summed E-state index contributed by atoms with van der Waals surface area (Å²) in [7, 11) is 0. The van der Waals surface area contributed by atoms with E-state index < -0.39 is 11.6 Å². The molecule has 0 saturated carbocycles. The number of hydrogen-bond acceptors (Lipinski definition) is 2. The fraction of sp³-hybridized carbons (Fsp3) is 0.500. The molecule has 3 nitrogen and oxygen atoms in total. The molecule has 0 radical (unpaired) electrons. The van der Waals surface area contributed by atoms with Crippen LogP contribution >= 0.6 is 15.9 Å². The SMILES string of the molecule is CC(N)CCCC(C)C(=O)Nc1cc(Br)c(F)cc1F. The lowest BCUT2D eigenvalue weighted by molar-refractivity contribution is -0.119. The van der Waals surface area contributed by atoms with Gasteiger partial charge in [0.25, 0.3) is 0 Å². The Hall–Kier alpha value is -1.01. The Bertz CT molecular complexity index is 480. The third kappa shape index (κ3) is 5.17. The maximum atomic E-state index is 13.5. The first-order valence-electron chi connectivity index (χ1n) is 6.52. The van der Waals surface area contributed by atoms with Crippen LogP contribution < -0.4 is 11.1 Å². The topological polar surface area (TPSA) is 55.1 Å². The Labute approximate surface area is 126 Å². The van der Waals surface area contributed by atoms with Crippen LogP contribution in [0.15, 0.2) is 16.6 Å². The standard InChI is InChI=1S/C14H19BrF2N2O/c1-8(4-3-5-9(2)18)14(20)19-13-6-10(15)11(16)7-12(13)17/h6-9H,3-5,18H2,1-2H3,(H,19,20). The van der Waals surface area contributed by atoms with Gasteiger partial charge < -0.3 is 11.1 Å². The first-order valence-corrected chi connectivity index (χ1v) is 7.31. The number of benzene rings is 1. The summed E-state index contributed by atoms with van der Waals surface area (Å²) in [5.41, 5.74) is 5.61. The van der Waals surface area contributed by atoms with E-state index in [0.29, 0.717) is 6.42 Å². The summed E-state index contributed by atoms with van der Waals surface area (Å²) in [6.07, 6.45) is 2.35. The number of nitrogens with one attached hydrogen (secondary N) is 1. The molecule has 0 fully saturated rings. The maximum absolute atomic E-state index is 13.5. The minimum Gasteiger partial charge on any atom is -0.328 e. The van der Waals surface area contributed by atoms with Crippen molar-refractivity contribution in [2.45, 2.75) is 39.2 Å². The minimum absolute atomic E-state index is 0.0256. The van der Waals surface area contributed by atoms with Crippen LogP contribution in [0.5, 0.6) is 0 Å². The molecule has 1 aromatic rings. The van der Waals surface area contributed by atoms with E-state index in [1.807, 2.05) is 6.92 Å². The Morgan fingerprint density at radius 2 is 1.95 bits per heavy atom. The van der Waals surface area contributed by atoms with Crippen molar-refractivity contribution in [1.29, 1.82) is 0 Å². The van der Waals surface area contributed by atoms with Gasteiger partial charge in [-0.15, -0.1) is 0 Å². The average molecular weight is 349 g/mol. The fourth-order valence-corrected chi connectivity index (χ4v) is 2.09. The number of amides is 1. The van der Waals surface area contributed by atoms with E-state index in [0.717, 1.165) is 18.9 Å². The zero-order valence-electron chi connectivity index (χ0n) is 11.6. The van der Waals surface area contributed by atoms with E-state index in [2.05, 4.69) is 21.2 Å². The van der Waals surface area contributed by atoms with E-state index in [1.54, 1.807) is 6.92 Å². The van der Waals surface area contributed by atoms with E-state index >= 15 is 0 Å². The van der Waals surface area contributed by atoms with Crippen LogP contribution in [0.25, 0.3) is 0 Å². The van der Waals surface area contributed by atoms with Crippen molar-refractivity contribution in [3.05, 3.63) is 28.2 Å². The number of carbonyl (C=O) groups excluding carboxylic acids is 1. The molecule has 1 rings (SSSR count). The quantitative estimate of drug-likeness (QED) is 0.767. The molecule has 6 heteroatoms. The van der Waals surface area contributed by atoms with Gasteiger partial charge in [0, 0.05) is 18.0 Å². The number of halogens is 3. The highest BCUT2D eigenvalue weighted by atomic mass is 79.9. The predicted molar refractivity (Wildman–Crippen MR) is 79.4 cm³/mol. The maximum Gasteiger partial charge on any atom is 0.227 e. The van der Waals surface area contributed by atoms with Crippen LogP contribution in [0, 0.1) is 17.6 Å². The van der Waals surface area contributed by atoms with Crippen molar-refractivity contribution in [2.24, 2.45) is 11.7 Å². The summed E-state index contributed by atoms with van der Waals surface area (Å²) < 4.78 is 26.7. The van der Waals surface area contributed by atoms with Gasteiger partial charge in [0.1, 0.15) is 11.6 Å². The molecule has 3 N–H and O–H groups in total. The van der Waals surface area contributed by atoms with Crippen LogP contribution in [0.2, 0.25) is 0 Å². The van der Waals surface area contributed by atoms with Gasteiger partial charge in [-0.3, -0.25) is 4.79 Å². The molecule has 1 aromatic carbocycles. The third-order valence-corrected chi connectivity index (χ3v) is 3.62. The molecule has 20 heavy (non-hydrogen) atoms. The lowest BCUT2D eigenvalue weighted by Gasteiger charge is -2.13. The monoisotopic (exact) mass is 348 g/mol.